The van der Waals surface area contributed by atoms with Crippen LogP contribution in [0.3, 0.4) is 0 Å². The van der Waals surface area contributed by atoms with Crippen LogP contribution in [0.25, 0.3) is 10.9 Å². The lowest BCUT2D eigenvalue weighted by Gasteiger charge is -2.10. The van der Waals surface area contributed by atoms with Crippen molar-refractivity contribution in [1.82, 2.24) is 4.57 Å². The molecule has 1 heterocycles. The molecule has 5 nitrogen and oxygen atoms in total. The smallest absolute Gasteiger partial charge is 0.337 e. The molecule has 5 heteroatoms. The van der Waals surface area contributed by atoms with Crippen molar-refractivity contribution in [3.63, 3.8) is 0 Å². The number of fused-ring (bicyclic) bond motifs is 1. The largest absolute Gasteiger partial charge is 0.478 e. The summed E-state index contributed by atoms with van der Waals surface area (Å²) in [6.07, 6.45) is 3.03. The Labute approximate surface area is 136 Å². The topological polar surface area (TPSA) is 88.5 Å². The van der Waals surface area contributed by atoms with Gasteiger partial charge in [0, 0.05) is 24.2 Å². The van der Waals surface area contributed by atoms with E-state index in [9.17, 15) is 9.90 Å². The number of aromatic nitrogens is 1. The summed E-state index contributed by atoms with van der Waals surface area (Å²) < 4.78 is 2.08. The van der Waals surface area contributed by atoms with Gasteiger partial charge in [0.05, 0.1) is 11.1 Å². The number of aryl methyl sites for hydroxylation is 3. The summed E-state index contributed by atoms with van der Waals surface area (Å²) in [5, 5.41) is 19.8. The quantitative estimate of drug-likeness (QED) is 0.697. The fraction of sp³-hybridized carbons (Fsp3) is 0.500. The van der Waals surface area contributed by atoms with Gasteiger partial charge in [-0.15, -0.1) is 0 Å². The van der Waals surface area contributed by atoms with E-state index in [1.165, 1.54) is 0 Å². The summed E-state index contributed by atoms with van der Waals surface area (Å²) in [5.74, 6) is -0.898. The third-order valence-corrected chi connectivity index (χ3v) is 4.42. The van der Waals surface area contributed by atoms with Gasteiger partial charge in [0.25, 0.3) is 0 Å². The van der Waals surface area contributed by atoms with Crippen LogP contribution in [-0.4, -0.2) is 33.9 Å². The molecule has 0 saturated heterocycles. The first-order chi connectivity index (χ1) is 11.0. The van der Waals surface area contributed by atoms with Crippen LogP contribution in [0.1, 0.15) is 46.9 Å². The number of rotatable bonds is 8. The average Bonchev–Trinajstić information content (AvgIpc) is 2.81. The summed E-state index contributed by atoms with van der Waals surface area (Å²) >= 11 is 0. The van der Waals surface area contributed by atoms with Crippen molar-refractivity contribution in [3.8, 4) is 0 Å². The SMILES string of the molecule is CCc1cc(C(=O)O)c2c(c1)c(CCCO)c(C)n2CCCN. The second kappa shape index (κ2) is 7.62. The van der Waals surface area contributed by atoms with Gasteiger partial charge in [-0.25, -0.2) is 4.79 Å². The second-order valence-electron chi connectivity index (χ2n) is 5.88. The summed E-state index contributed by atoms with van der Waals surface area (Å²) in [4.78, 5) is 11.8. The number of carboxylic acid groups (broad SMARTS) is 1. The molecule has 0 unspecified atom stereocenters. The lowest BCUT2D eigenvalue weighted by molar-refractivity contribution is 0.0698. The number of nitrogens with two attached hydrogens (primary N) is 1. The maximum absolute atomic E-state index is 11.8. The van der Waals surface area contributed by atoms with Gasteiger partial charge in [0.2, 0.25) is 0 Å². The van der Waals surface area contributed by atoms with Crippen molar-refractivity contribution >= 4 is 16.9 Å². The van der Waals surface area contributed by atoms with E-state index in [0.717, 1.165) is 47.0 Å². The third-order valence-electron chi connectivity index (χ3n) is 4.42. The molecule has 1 aromatic heterocycles. The number of carboxylic acids is 1. The molecule has 1 aromatic carbocycles. The molecule has 0 amide bonds. The van der Waals surface area contributed by atoms with E-state index in [1.807, 2.05) is 13.8 Å². The lowest BCUT2D eigenvalue weighted by Crippen LogP contribution is -2.09. The first kappa shape index (κ1) is 17.5. The van der Waals surface area contributed by atoms with Gasteiger partial charge in [0.1, 0.15) is 0 Å². The number of hydrogen-bond acceptors (Lipinski definition) is 3. The molecule has 2 rings (SSSR count). The Balaban J connectivity index is 2.75. The maximum atomic E-state index is 11.8. The van der Waals surface area contributed by atoms with Gasteiger partial charge in [-0.1, -0.05) is 6.92 Å². The van der Waals surface area contributed by atoms with Crippen LogP contribution in [0.4, 0.5) is 0 Å². The molecule has 0 aliphatic heterocycles. The lowest BCUT2D eigenvalue weighted by atomic mass is 10.00. The molecule has 23 heavy (non-hydrogen) atoms. The molecular weight excluding hydrogens is 292 g/mol. The van der Waals surface area contributed by atoms with E-state index in [2.05, 4.69) is 10.6 Å². The maximum Gasteiger partial charge on any atom is 0.337 e. The predicted octanol–water partition coefficient (Wildman–Crippen LogP) is 2.48. The van der Waals surface area contributed by atoms with Crippen molar-refractivity contribution < 1.29 is 15.0 Å². The molecule has 0 radical (unpaired) electrons. The number of aromatic carboxylic acids is 1. The minimum Gasteiger partial charge on any atom is -0.478 e. The van der Waals surface area contributed by atoms with Crippen LogP contribution in [0, 0.1) is 6.92 Å². The van der Waals surface area contributed by atoms with Crippen LogP contribution in [0.15, 0.2) is 12.1 Å². The number of hydrogen-bond donors (Lipinski definition) is 3. The highest BCUT2D eigenvalue weighted by Crippen LogP contribution is 2.31. The van der Waals surface area contributed by atoms with Crippen LogP contribution >= 0.6 is 0 Å². The molecule has 0 atom stereocenters. The minimum absolute atomic E-state index is 0.133. The van der Waals surface area contributed by atoms with E-state index in [-0.39, 0.29) is 6.61 Å². The van der Waals surface area contributed by atoms with Crippen LogP contribution in [0.2, 0.25) is 0 Å². The first-order valence-electron chi connectivity index (χ1n) is 8.23. The zero-order valence-electron chi connectivity index (χ0n) is 13.9. The highest BCUT2D eigenvalue weighted by molar-refractivity contribution is 6.04. The highest BCUT2D eigenvalue weighted by atomic mass is 16.4. The molecule has 0 spiro atoms. The Kier molecular flexibility index (Phi) is 5.80. The van der Waals surface area contributed by atoms with Gasteiger partial charge in [-0.05, 0) is 62.4 Å². The molecule has 0 saturated carbocycles. The third kappa shape index (κ3) is 3.41. The molecule has 2 aromatic rings. The van der Waals surface area contributed by atoms with E-state index in [1.54, 1.807) is 6.07 Å². The Hall–Kier alpha value is -1.85. The Morgan fingerprint density at radius 1 is 1.30 bits per heavy atom. The molecule has 0 fully saturated rings. The van der Waals surface area contributed by atoms with Gasteiger partial charge < -0.3 is 20.5 Å². The van der Waals surface area contributed by atoms with E-state index < -0.39 is 5.97 Å². The standard InChI is InChI=1S/C18H26N2O3/c1-3-13-10-15-14(6-4-9-21)12(2)20(8-5-7-19)17(15)16(11-13)18(22)23/h10-11,21H,3-9,19H2,1-2H3,(H,22,23). The monoisotopic (exact) mass is 318 g/mol. The van der Waals surface area contributed by atoms with Gasteiger partial charge in [-0.2, -0.15) is 0 Å². The summed E-state index contributed by atoms with van der Waals surface area (Å²) in [6.45, 7) is 5.47. The molecule has 0 aliphatic carbocycles. The molecule has 4 N–H and O–H groups in total. The number of carbonyl (C=O) groups is 1. The number of aliphatic hydroxyl groups excluding tert-OH is 1. The Morgan fingerprint density at radius 2 is 2.04 bits per heavy atom. The predicted molar refractivity (Wildman–Crippen MR) is 92.1 cm³/mol. The van der Waals surface area contributed by atoms with Crippen LogP contribution in [0.5, 0.6) is 0 Å². The molecule has 0 bridgehead atoms. The first-order valence-corrected chi connectivity index (χ1v) is 8.23. The number of aliphatic hydroxyl groups is 1. The molecule has 0 aliphatic rings. The Morgan fingerprint density at radius 3 is 2.61 bits per heavy atom. The van der Waals surface area contributed by atoms with Gasteiger partial charge in [-0.3, -0.25) is 0 Å². The van der Waals surface area contributed by atoms with Crippen molar-refractivity contribution in [2.24, 2.45) is 5.73 Å². The number of nitrogens with zero attached hydrogens (tertiary/aromatic N) is 1. The zero-order valence-corrected chi connectivity index (χ0v) is 13.9. The van der Waals surface area contributed by atoms with Crippen molar-refractivity contribution in [2.75, 3.05) is 13.2 Å². The number of benzene rings is 1. The highest BCUT2D eigenvalue weighted by Gasteiger charge is 2.20. The fourth-order valence-electron chi connectivity index (χ4n) is 3.21. The van der Waals surface area contributed by atoms with E-state index in [4.69, 9.17) is 10.8 Å². The van der Waals surface area contributed by atoms with Crippen molar-refractivity contribution in [3.05, 3.63) is 34.5 Å². The zero-order chi connectivity index (χ0) is 17.0. The van der Waals surface area contributed by atoms with E-state index >= 15 is 0 Å². The van der Waals surface area contributed by atoms with Crippen LogP contribution in [-0.2, 0) is 19.4 Å². The van der Waals surface area contributed by atoms with Crippen LogP contribution < -0.4 is 5.73 Å². The molecule has 126 valence electrons. The van der Waals surface area contributed by atoms with Gasteiger partial charge in [0.15, 0.2) is 0 Å². The van der Waals surface area contributed by atoms with Crippen molar-refractivity contribution in [2.45, 2.75) is 46.1 Å². The average molecular weight is 318 g/mol. The Bertz CT molecular complexity index is 704. The summed E-state index contributed by atoms with van der Waals surface area (Å²) in [7, 11) is 0. The fourth-order valence-corrected chi connectivity index (χ4v) is 3.21. The summed E-state index contributed by atoms with van der Waals surface area (Å²) in [6, 6.07) is 3.87. The van der Waals surface area contributed by atoms with Crippen molar-refractivity contribution in [1.29, 1.82) is 0 Å². The summed E-state index contributed by atoms with van der Waals surface area (Å²) in [5.41, 5.74) is 10.0. The second-order valence-corrected chi connectivity index (χ2v) is 5.88. The van der Waals surface area contributed by atoms with Gasteiger partial charge >= 0.3 is 5.97 Å². The molecular formula is C18H26N2O3. The normalized spacial score (nSPS) is 11.3. The minimum atomic E-state index is -0.898. The van der Waals surface area contributed by atoms with E-state index in [0.29, 0.717) is 25.1 Å².